The first-order chi connectivity index (χ1) is 8.22. The molecule has 0 unspecified atom stereocenters. The van der Waals surface area contributed by atoms with Crippen molar-refractivity contribution in [1.29, 1.82) is 0 Å². The molecule has 0 aliphatic carbocycles. The van der Waals surface area contributed by atoms with Crippen molar-refractivity contribution in [3.8, 4) is 0 Å². The molecule has 1 aromatic heterocycles. The number of rotatable bonds is 3. The SMILES string of the molecule is C[C@@H](C(=O)N1CCC(CN)CC1)n1cccn1. The quantitative estimate of drug-likeness (QED) is 0.837. The van der Waals surface area contributed by atoms with Gasteiger partial charge in [0.25, 0.3) is 0 Å². The normalized spacial score (nSPS) is 19.3. The van der Waals surface area contributed by atoms with Crippen molar-refractivity contribution in [1.82, 2.24) is 14.7 Å². The Bertz CT molecular complexity index is 355. The van der Waals surface area contributed by atoms with Gasteiger partial charge in [0.15, 0.2) is 0 Å². The van der Waals surface area contributed by atoms with Crippen molar-refractivity contribution in [3.05, 3.63) is 18.5 Å². The number of likely N-dealkylation sites (tertiary alicyclic amines) is 1. The van der Waals surface area contributed by atoms with Crippen LogP contribution in [0.3, 0.4) is 0 Å². The van der Waals surface area contributed by atoms with Crippen LogP contribution in [0.4, 0.5) is 0 Å². The molecule has 0 bridgehead atoms. The Balaban J connectivity index is 1.93. The molecule has 5 nitrogen and oxygen atoms in total. The number of amides is 1. The number of carbonyl (C=O) groups excluding carboxylic acids is 1. The number of aromatic nitrogens is 2. The fourth-order valence-corrected chi connectivity index (χ4v) is 2.28. The molecule has 1 aromatic rings. The van der Waals surface area contributed by atoms with E-state index in [1.54, 1.807) is 10.9 Å². The van der Waals surface area contributed by atoms with Crippen LogP contribution in [0.25, 0.3) is 0 Å². The predicted octanol–water partition coefficient (Wildman–Crippen LogP) is 0.641. The fraction of sp³-hybridized carbons (Fsp3) is 0.667. The number of nitrogens with zero attached hydrogens (tertiary/aromatic N) is 3. The van der Waals surface area contributed by atoms with Gasteiger partial charge < -0.3 is 10.6 Å². The van der Waals surface area contributed by atoms with E-state index in [-0.39, 0.29) is 11.9 Å². The van der Waals surface area contributed by atoms with E-state index in [4.69, 9.17) is 5.73 Å². The standard InChI is InChI=1S/C12H20N4O/c1-10(16-6-2-5-14-16)12(17)15-7-3-11(9-13)4-8-15/h2,5-6,10-11H,3-4,7-9,13H2,1H3/t10-/m0/s1. The van der Waals surface area contributed by atoms with Gasteiger partial charge in [-0.15, -0.1) is 0 Å². The largest absolute Gasteiger partial charge is 0.341 e. The molecule has 1 saturated heterocycles. The van der Waals surface area contributed by atoms with E-state index in [9.17, 15) is 4.79 Å². The molecule has 94 valence electrons. The number of carbonyl (C=O) groups is 1. The third kappa shape index (κ3) is 2.66. The molecule has 1 aliphatic rings. The Hall–Kier alpha value is -1.36. The highest BCUT2D eigenvalue weighted by Gasteiger charge is 2.26. The number of nitrogens with two attached hydrogens (primary N) is 1. The molecular weight excluding hydrogens is 216 g/mol. The Morgan fingerprint density at radius 2 is 2.24 bits per heavy atom. The van der Waals surface area contributed by atoms with Gasteiger partial charge in [0.05, 0.1) is 0 Å². The lowest BCUT2D eigenvalue weighted by Gasteiger charge is -2.33. The van der Waals surface area contributed by atoms with Crippen LogP contribution in [0, 0.1) is 5.92 Å². The van der Waals surface area contributed by atoms with Gasteiger partial charge in [-0.25, -0.2) is 0 Å². The molecule has 0 spiro atoms. The molecular formula is C12H20N4O. The predicted molar refractivity (Wildman–Crippen MR) is 65.3 cm³/mol. The molecule has 1 amide bonds. The average molecular weight is 236 g/mol. The zero-order valence-electron chi connectivity index (χ0n) is 10.2. The van der Waals surface area contributed by atoms with Gasteiger partial charge in [0.1, 0.15) is 6.04 Å². The summed E-state index contributed by atoms with van der Waals surface area (Å²) in [5.74, 6) is 0.739. The number of hydrogen-bond acceptors (Lipinski definition) is 3. The topological polar surface area (TPSA) is 64.2 Å². The van der Waals surface area contributed by atoms with E-state index in [2.05, 4.69) is 5.10 Å². The molecule has 0 radical (unpaired) electrons. The maximum absolute atomic E-state index is 12.2. The van der Waals surface area contributed by atoms with Crippen LogP contribution in [-0.2, 0) is 4.79 Å². The van der Waals surface area contributed by atoms with Crippen molar-refractivity contribution in [2.75, 3.05) is 19.6 Å². The van der Waals surface area contributed by atoms with E-state index in [1.165, 1.54) is 0 Å². The van der Waals surface area contributed by atoms with E-state index in [0.29, 0.717) is 5.92 Å². The zero-order chi connectivity index (χ0) is 12.3. The number of piperidine rings is 1. The van der Waals surface area contributed by atoms with Crippen LogP contribution in [0.15, 0.2) is 18.5 Å². The van der Waals surface area contributed by atoms with E-state index in [1.807, 2.05) is 24.1 Å². The maximum atomic E-state index is 12.2. The highest BCUT2D eigenvalue weighted by atomic mass is 16.2. The first-order valence-corrected chi connectivity index (χ1v) is 6.20. The van der Waals surface area contributed by atoms with Gasteiger partial charge in [-0.1, -0.05) is 0 Å². The molecule has 17 heavy (non-hydrogen) atoms. The Labute approximate surface area is 102 Å². The van der Waals surface area contributed by atoms with Gasteiger partial charge in [0, 0.05) is 25.5 Å². The van der Waals surface area contributed by atoms with Crippen molar-refractivity contribution < 1.29 is 4.79 Å². The highest BCUT2D eigenvalue weighted by Crippen LogP contribution is 2.18. The Kier molecular flexibility index (Phi) is 3.78. The lowest BCUT2D eigenvalue weighted by Crippen LogP contribution is -2.43. The molecule has 2 heterocycles. The van der Waals surface area contributed by atoms with Crippen molar-refractivity contribution >= 4 is 5.91 Å². The van der Waals surface area contributed by atoms with Gasteiger partial charge >= 0.3 is 0 Å². The molecule has 0 aromatic carbocycles. The monoisotopic (exact) mass is 236 g/mol. The highest BCUT2D eigenvalue weighted by molar-refractivity contribution is 5.80. The summed E-state index contributed by atoms with van der Waals surface area (Å²) in [4.78, 5) is 14.2. The molecule has 1 fully saturated rings. The Morgan fingerprint density at radius 3 is 2.76 bits per heavy atom. The summed E-state index contributed by atoms with van der Waals surface area (Å²) in [5.41, 5.74) is 5.64. The molecule has 2 N–H and O–H groups in total. The first kappa shape index (κ1) is 12.1. The summed E-state index contributed by atoms with van der Waals surface area (Å²) in [6, 6.07) is 1.63. The van der Waals surface area contributed by atoms with E-state index >= 15 is 0 Å². The third-order valence-corrected chi connectivity index (χ3v) is 3.54. The second-order valence-electron chi connectivity index (χ2n) is 4.67. The van der Waals surface area contributed by atoms with Crippen molar-refractivity contribution in [2.24, 2.45) is 11.7 Å². The van der Waals surface area contributed by atoms with Gasteiger partial charge in [-0.05, 0) is 38.3 Å². The van der Waals surface area contributed by atoms with Gasteiger partial charge in [-0.2, -0.15) is 5.10 Å². The minimum absolute atomic E-state index is 0.157. The van der Waals surface area contributed by atoms with E-state index in [0.717, 1.165) is 32.5 Å². The summed E-state index contributed by atoms with van der Waals surface area (Å²) >= 11 is 0. The molecule has 1 atom stereocenters. The summed E-state index contributed by atoms with van der Waals surface area (Å²) in [5, 5.41) is 4.11. The molecule has 5 heteroatoms. The number of hydrogen-bond donors (Lipinski definition) is 1. The molecule has 1 aliphatic heterocycles. The average Bonchev–Trinajstić information content (AvgIpc) is 2.91. The summed E-state index contributed by atoms with van der Waals surface area (Å²) in [6.45, 7) is 4.28. The van der Waals surface area contributed by atoms with Crippen LogP contribution >= 0.6 is 0 Å². The van der Waals surface area contributed by atoms with E-state index < -0.39 is 0 Å². The minimum atomic E-state index is -0.209. The van der Waals surface area contributed by atoms with Crippen LogP contribution < -0.4 is 5.73 Å². The fourth-order valence-electron chi connectivity index (χ4n) is 2.28. The maximum Gasteiger partial charge on any atom is 0.247 e. The summed E-state index contributed by atoms with van der Waals surface area (Å²) in [7, 11) is 0. The van der Waals surface area contributed by atoms with Gasteiger partial charge in [-0.3, -0.25) is 9.48 Å². The second-order valence-corrected chi connectivity index (χ2v) is 4.67. The molecule has 0 saturated carbocycles. The van der Waals surface area contributed by atoms with Crippen molar-refractivity contribution in [3.63, 3.8) is 0 Å². The molecule has 2 rings (SSSR count). The van der Waals surface area contributed by atoms with Crippen LogP contribution in [-0.4, -0.2) is 40.2 Å². The lowest BCUT2D eigenvalue weighted by atomic mass is 9.97. The summed E-state index contributed by atoms with van der Waals surface area (Å²) < 4.78 is 1.71. The smallest absolute Gasteiger partial charge is 0.247 e. The second kappa shape index (κ2) is 5.31. The van der Waals surface area contributed by atoms with Gasteiger partial charge in [0.2, 0.25) is 5.91 Å². The van der Waals surface area contributed by atoms with Crippen LogP contribution in [0.2, 0.25) is 0 Å². The minimum Gasteiger partial charge on any atom is -0.341 e. The third-order valence-electron chi connectivity index (χ3n) is 3.54. The van der Waals surface area contributed by atoms with Crippen molar-refractivity contribution in [2.45, 2.75) is 25.8 Å². The first-order valence-electron chi connectivity index (χ1n) is 6.20. The zero-order valence-corrected chi connectivity index (χ0v) is 10.2. The Morgan fingerprint density at radius 1 is 1.53 bits per heavy atom. The van der Waals surface area contributed by atoms with Crippen LogP contribution in [0.5, 0.6) is 0 Å². The summed E-state index contributed by atoms with van der Waals surface area (Å²) in [6.07, 6.45) is 5.57. The van der Waals surface area contributed by atoms with Crippen LogP contribution in [0.1, 0.15) is 25.8 Å². The lowest BCUT2D eigenvalue weighted by molar-refractivity contribution is -0.135.